The zero-order valence-electron chi connectivity index (χ0n) is 11.2. The molecule has 18 heavy (non-hydrogen) atoms. The third kappa shape index (κ3) is 2.83. The third-order valence-corrected chi connectivity index (χ3v) is 2.68. The maximum absolute atomic E-state index is 12.2. The van der Waals surface area contributed by atoms with E-state index >= 15 is 0 Å². The second-order valence-electron chi connectivity index (χ2n) is 4.49. The van der Waals surface area contributed by atoms with Crippen LogP contribution in [0.2, 0.25) is 0 Å². The molecule has 0 aromatic carbocycles. The van der Waals surface area contributed by atoms with Crippen LogP contribution in [0.5, 0.6) is 0 Å². The van der Waals surface area contributed by atoms with Gasteiger partial charge in [-0.15, -0.1) is 6.42 Å². The van der Waals surface area contributed by atoms with Gasteiger partial charge >= 0.3 is 0 Å². The first-order valence-corrected chi connectivity index (χ1v) is 6.09. The van der Waals surface area contributed by atoms with E-state index in [1.54, 1.807) is 4.90 Å². The Kier molecular flexibility index (Phi) is 4.78. The van der Waals surface area contributed by atoms with Crippen LogP contribution >= 0.6 is 0 Å². The summed E-state index contributed by atoms with van der Waals surface area (Å²) in [6, 6.07) is 0. The van der Waals surface area contributed by atoms with Crippen molar-refractivity contribution in [1.82, 2.24) is 15.1 Å². The number of nitrogens with one attached hydrogen (secondary N) is 1. The summed E-state index contributed by atoms with van der Waals surface area (Å²) in [4.78, 5) is 13.8. The monoisotopic (exact) mass is 248 g/mol. The fourth-order valence-corrected chi connectivity index (χ4v) is 1.75. The minimum atomic E-state index is -0.213. The number of carbonyl (C=O) groups excluding carboxylic acids is 1. The highest BCUT2D eigenvalue weighted by molar-refractivity contribution is 5.97. The number of rotatable bonds is 5. The lowest BCUT2D eigenvalue weighted by Crippen LogP contribution is -2.32. The van der Waals surface area contributed by atoms with E-state index in [0.29, 0.717) is 12.2 Å². The van der Waals surface area contributed by atoms with Gasteiger partial charge in [-0.3, -0.25) is 9.89 Å². The van der Waals surface area contributed by atoms with Crippen LogP contribution in [0.1, 0.15) is 49.3 Å². The van der Waals surface area contributed by atoms with Gasteiger partial charge in [-0.05, 0) is 12.3 Å². The van der Waals surface area contributed by atoms with Crippen LogP contribution < -0.4 is 5.73 Å². The molecule has 0 fully saturated rings. The number of hydrogen-bond donors (Lipinski definition) is 2. The number of hydrogen-bond acceptors (Lipinski definition) is 3. The Morgan fingerprint density at radius 1 is 1.61 bits per heavy atom. The Morgan fingerprint density at radius 3 is 2.72 bits per heavy atom. The maximum atomic E-state index is 12.2. The molecule has 0 bridgehead atoms. The molecule has 5 heteroatoms. The second-order valence-corrected chi connectivity index (χ2v) is 4.49. The normalized spacial score (nSPS) is 10.4. The van der Waals surface area contributed by atoms with Gasteiger partial charge in [0.15, 0.2) is 5.69 Å². The molecule has 1 amide bonds. The molecule has 0 saturated heterocycles. The number of amides is 1. The van der Waals surface area contributed by atoms with Crippen molar-refractivity contribution in [3.05, 3.63) is 11.4 Å². The Hall–Kier alpha value is -1.96. The van der Waals surface area contributed by atoms with Gasteiger partial charge in [0.2, 0.25) is 0 Å². The van der Waals surface area contributed by atoms with Gasteiger partial charge in [0.1, 0.15) is 0 Å². The third-order valence-electron chi connectivity index (χ3n) is 2.68. The first-order valence-electron chi connectivity index (χ1n) is 6.09. The van der Waals surface area contributed by atoms with Gasteiger partial charge in [-0.1, -0.05) is 26.7 Å². The van der Waals surface area contributed by atoms with E-state index in [1.807, 2.05) is 20.8 Å². The van der Waals surface area contributed by atoms with Gasteiger partial charge in [-0.25, -0.2) is 0 Å². The maximum Gasteiger partial charge on any atom is 0.277 e. The fourth-order valence-electron chi connectivity index (χ4n) is 1.75. The molecule has 0 aliphatic carbocycles. The zero-order valence-corrected chi connectivity index (χ0v) is 11.2. The molecule has 0 atom stereocenters. The van der Waals surface area contributed by atoms with Gasteiger partial charge in [0.05, 0.1) is 17.9 Å². The van der Waals surface area contributed by atoms with E-state index < -0.39 is 0 Å². The second kappa shape index (κ2) is 6.10. The Bertz CT molecular complexity index is 456. The van der Waals surface area contributed by atoms with E-state index in [9.17, 15) is 4.79 Å². The molecular weight excluding hydrogens is 228 g/mol. The zero-order chi connectivity index (χ0) is 13.7. The van der Waals surface area contributed by atoms with Crippen LogP contribution in [0.3, 0.4) is 0 Å². The minimum Gasteiger partial charge on any atom is -0.395 e. The molecular formula is C13H20N4O. The molecule has 0 aliphatic rings. The van der Waals surface area contributed by atoms with Crippen LogP contribution in [0, 0.1) is 12.3 Å². The predicted octanol–water partition coefficient (Wildman–Crippen LogP) is 1.60. The van der Waals surface area contributed by atoms with Crippen molar-refractivity contribution in [2.75, 3.05) is 18.8 Å². The quantitative estimate of drug-likeness (QED) is 0.777. The number of nitrogen functional groups attached to an aromatic ring is 1. The number of nitrogens with two attached hydrogens (primary N) is 1. The van der Waals surface area contributed by atoms with Crippen LogP contribution in [-0.4, -0.2) is 34.1 Å². The lowest BCUT2D eigenvalue weighted by atomic mass is 10.1. The number of H-pyrrole nitrogens is 1. The molecule has 1 aromatic heterocycles. The number of aromatic nitrogens is 2. The van der Waals surface area contributed by atoms with Gasteiger partial charge in [0, 0.05) is 6.54 Å². The van der Waals surface area contributed by atoms with Crippen LogP contribution in [0.25, 0.3) is 0 Å². The summed E-state index contributed by atoms with van der Waals surface area (Å²) in [6.45, 7) is 6.85. The van der Waals surface area contributed by atoms with Crippen molar-refractivity contribution in [2.45, 2.75) is 33.1 Å². The van der Waals surface area contributed by atoms with E-state index in [2.05, 4.69) is 16.1 Å². The topological polar surface area (TPSA) is 75.0 Å². The molecule has 0 aliphatic heterocycles. The summed E-state index contributed by atoms with van der Waals surface area (Å²) >= 11 is 0. The summed E-state index contributed by atoms with van der Waals surface area (Å²) in [5.41, 5.74) is 7.42. The molecule has 98 valence electrons. The van der Waals surface area contributed by atoms with Crippen molar-refractivity contribution in [1.29, 1.82) is 0 Å². The molecule has 0 saturated carbocycles. The summed E-state index contributed by atoms with van der Waals surface area (Å²) in [5.74, 6) is 2.47. The fraction of sp³-hybridized carbons (Fsp3) is 0.538. The molecule has 0 radical (unpaired) electrons. The predicted molar refractivity (Wildman–Crippen MR) is 72.1 cm³/mol. The van der Waals surface area contributed by atoms with Crippen molar-refractivity contribution < 1.29 is 4.79 Å². The molecule has 1 aromatic rings. The number of anilines is 1. The molecule has 0 unspecified atom stereocenters. The van der Waals surface area contributed by atoms with Crippen molar-refractivity contribution >= 4 is 11.6 Å². The highest BCUT2D eigenvalue weighted by Crippen LogP contribution is 2.23. The summed E-state index contributed by atoms with van der Waals surface area (Å²) in [7, 11) is 0. The van der Waals surface area contributed by atoms with Gasteiger partial charge < -0.3 is 10.6 Å². The molecule has 3 N–H and O–H groups in total. The number of terminal acetylenes is 1. The lowest BCUT2D eigenvalue weighted by molar-refractivity contribution is 0.0772. The lowest BCUT2D eigenvalue weighted by Gasteiger charge is -2.18. The summed E-state index contributed by atoms with van der Waals surface area (Å²) < 4.78 is 0. The van der Waals surface area contributed by atoms with Crippen molar-refractivity contribution in [2.24, 2.45) is 0 Å². The number of nitrogens with zero attached hydrogens (tertiary/aromatic N) is 2. The van der Waals surface area contributed by atoms with Crippen LogP contribution in [0.4, 0.5) is 5.69 Å². The molecule has 1 heterocycles. The number of carbonyl (C=O) groups is 1. The SMILES string of the molecule is C#CCN(CCC)C(=O)c1n[nH]c(C(C)C)c1N. The van der Waals surface area contributed by atoms with Gasteiger partial charge in [0.25, 0.3) is 5.91 Å². The smallest absolute Gasteiger partial charge is 0.277 e. The molecule has 1 rings (SSSR count). The summed E-state index contributed by atoms with van der Waals surface area (Å²) in [5, 5.41) is 6.83. The molecule has 0 spiro atoms. The highest BCUT2D eigenvalue weighted by Gasteiger charge is 2.22. The Morgan fingerprint density at radius 2 is 2.28 bits per heavy atom. The average molecular weight is 248 g/mol. The highest BCUT2D eigenvalue weighted by atomic mass is 16.2. The minimum absolute atomic E-state index is 0.200. The first kappa shape index (κ1) is 14.1. The average Bonchev–Trinajstić information content (AvgIpc) is 2.70. The largest absolute Gasteiger partial charge is 0.395 e. The molecule has 5 nitrogen and oxygen atoms in total. The van der Waals surface area contributed by atoms with Crippen LogP contribution in [-0.2, 0) is 0 Å². The standard InChI is InChI=1S/C13H20N4O/c1-5-7-17(8-6-2)13(18)12-10(14)11(9(3)4)15-16-12/h1,9H,6-8,14H2,2-4H3,(H,15,16). The van der Waals surface area contributed by atoms with Crippen molar-refractivity contribution in [3.63, 3.8) is 0 Å². The van der Waals surface area contributed by atoms with E-state index in [0.717, 1.165) is 12.1 Å². The van der Waals surface area contributed by atoms with E-state index in [-0.39, 0.29) is 24.1 Å². The van der Waals surface area contributed by atoms with Crippen molar-refractivity contribution in [3.8, 4) is 12.3 Å². The first-order chi connectivity index (χ1) is 8.52. The van der Waals surface area contributed by atoms with Gasteiger partial charge in [-0.2, -0.15) is 5.10 Å². The Labute approximate surface area is 108 Å². The summed E-state index contributed by atoms with van der Waals surface area (Å²) in [6.07, 6.45) is 6.11. The number of aromatic amines is 1. The Balaban J connectivity index is 2.99. The van der Waals surface area contributed by atoms with E-state index in [1.165, 1.54) is 0 Å². The van der Waals surface area contributed by atoms with E-state index in [4.69, 9.17) is 12.2 Å². The van der Waals surface area contributed by atoms with Crippen LogP contribution in [0.15, 0.2) is 0 Å².